The Morgan fingerprint density at radius 1 is 1.06 bits per heavy atom. The molecule has 1 heterocycles. The molecular weight excluding hydrogens is 461 g/mol. The molecular formula is C23H18ClF3N2O4. The predicted molar refractivity (Wildman–Crippen MR) is 113 cm³/mol. The van der Waals surface area contributed by atoms with Crippen LogP contribution in [0.4, 0.5) is 24.5 Å². The summed E-state index contributed by atoms with van der Waals surface area (Å²) < 4.78 is 44.3. The van der Waals surface area contributed by atoms with Crippen molar-refractivity contribution >= 4 is 40.8 Å². The van der Waals surface area contributed by atoms with Gasteiger partial charge in [-0.05, 0) is 55.2 Å². The highest BCUT2D eigenvalue weighted by Crippen LogP contribution is 2.57. The smallest absolute Gasteiger partial charge is 0.416 e. The molecule has 2 aromatic carbocycles. The maximum atomic E-state index is 13.0. The van der Waals surface area contributed by atoms with Crippen molar-refractivity contribution < 1.29 is 32.3 Å². The van der Waals surface area contributed by atoms with Crippen molar-refractivity contribution in [1.82, 2.24) is 0 Å². The highest BCUT2D eigenvalue weighted by atomic mass is 35.5. The van der Waals surface area contributed by atoms with E-state index in [0.717, 1.165) is 24.6 Å². The van der Waals surface area contributed by atoms with Gasteiger partial charge in [-0.15, -0.1) is 0 Å². The van der Waals surface area contributed by atoms with Crippen molar-refractivity contribution in [2.24, 2.45) is 23.7 Å². The summed E-state index contributed by atoms with van der Waals surface area (Å²) in [5, 5.41) is 5.11. The molecule has 6 nitrogen and oxygen atoms in total. The van der Waals surface area contributed by atoms with E-state index >= 15 is 0 Å². The number of hydrogen-bond acceptors (Lipinski definition) is 4. The first-order chi connectivity index (χ1) is 15.6. The number of nitrogens with one attached hydrogen (secondary N) is 2. The Morgan fingerprint density at radius 3 is 2.61 bits per heavy atom. The second-order valence-corrected chi connectivity index (χ2v) is 9.05. The van der Waals surface area contributed by atoms with Crippen molar-refractivity contribution in [2.45, 2.75) is 25.1 Å². The summed E-state index contributed by atoms with van der Waals surface area (Å²) >= 11 is 5.95. The third-order valence-corrected chi connectivity index (χ3v) is 7.05. The lowest BCUT2D eigenvalue weighted by Gasteiger charge is -2.23. The molecule has 172 valence electrons. The van der Waals surface area contributed by atoms with Gasteiger partial charge in [-0.3, -0.25) is 14.4 Å². The lowest BCUT2D eigenvalue weighted by Crippen LogP contribution is -2.35. The van der Waals surface area contributed by atoms with Crippen molar-refractivity contribution in [2.75, 3.05) is 10.6 Å². The van der Waals surface area contributed by atoms with Crippen LogP contribution in [0, 0.1) is 23.7 Å². The third kappa shape index (κ3) is 3.84. The van der Waals surface area contributed by atoms with Crippen molar-refractivity contribution in [3.63, 3.8) is 0 Å². The van der Waals surface area contributed by atoms with Crippen molar-refractivity contribution in [3.8, 4) is 0 Å². The number of anilines is 2. The number of benzene rings is 2. The lowest BCUT2D eigenvalue weighted by molar-refractivity contribution is -0.145. The molecule has 3 aliphatic rings. The fourth-order valence-corrected chi connectivity index (χ4v) is 5.48. The van der Waals surface area contributed by atoms with E-state index in [1.165, 1.54) is 12.1 Å². The summed E-state index contributed by atoms with van der Waals surface area (Å²) in [5.74, 6) is -2.03. The molecule has 5 rings (SSSR count). The van der Waals surface area contributed by atoms with Crippen LogP contribution in [-0.4, -0.2) is 23.9 Å². The van der Waals surface area contributed by atoms with E-state index in [-0.39, 0.29) is 46.1 Å². The van der Waals surface area contributed by atoms with Gasteiger partial charge in [0.25, 0.3) is 5.91 Å². The number of fused-ring (bicyclic) bond motifs is 1. The summed E-state index contributed by atoms with van der Waals surface area (Å²) in [4.78, 5) is 37.7. The topological polar surface area (TPSA) is 84.5 Å². The molecule has 3 fully saturated rings. The van der Waals surface area contributed by atoms with E-state index in [0.29, 0.717) is 12.1 Å². The number of alkyl halides is 3. The number of hydrogen-bond donors (Lipinski definition) is 2. The number of rotatable bonds is 4. The Labute approximate surface area is 191 Å². The molecule has 2 aromatic rings. The zero-order chi connectivity index (χ0) is 23.5. The normalized spacial score (nSPS) is 27.4. The second-order valence-electron chi connectivity index (χ2n) is 8.64. The van der Waals surface area contributed by atoms with Crippen LogP contribution in [0.15, 0.2) is 42.5 Å². The van der Waals surface area contributed by atoms with Gasteiger partial charge in [0.15, 0.2) is 0 Å². The molecule has 10 heteroatoms. The highest BCUT2D eigenvalue weighted by molar-refractivity contribution is 6.34. The molecule has 2 aliphatic carbocycles. The molecule has 2 saturated carbocycles. The van der Waals surface area contributed by atoms with Gasteiger partial charge in [0, 0.05) is 17.2 Å². The quantitative estimate of drug-likeness (QED) is 0.621. The summed E-state index contributed by atoms with van der Waals surface area (Å²) in [6.45, 7) is 0. The molecule has 0 radical (unpaired) electrons. The van der Waals surface area contributed by atoms with Crippen LogP contribution in [0.25, 0.3) is 0 Å². The molecule has 1 aliphatic heterocycles. The van der Waals surface area contributed by atoms with E-state index in [9.17, 15) is 27.6 Å². The van der Waals surface area contributed by atoms with E-state index in [4.69, 9.17) is 16.3 Å². The van der Waals surface area contributed by atoms with Crippen LogP contribution in [0.1, 0.15) is 28.8 Å². The monoisotopic (exact) mass is 478 g/mol. The Balaban J connectivity index is 1.30. The van der Waals surface area contributed by atoms with Gasteiger partial charge >= 0.3 is 12.1 Å². The van der Waals surface area contributed by atoms with E-state index < -0.39 is 29.5 Å². The SMILES string of the molecule is O=C(Nc1cc(C(F)(F)F)ccc1Cl)c1cccc(NC(=O)[C@@H]2[C@@H]3C[C@@H]4[C@@H]2C(=O)O[C@@H]4C3)c1. The molecule has 0 spiro atoms. The van der Waals surface area contributed by atoms with Crippen LogP contribution in [0.3, 0.4) is 0 Å². The van der Waals surface area contributed by atoms with Gasteiger partial charge in [-0.1, -0.05) is 17.7 Å². The van der Waals surface area contributed by atoms with Crippen molar-refractivity contribution in [1.29, 1.82) is 0 Å². The molecule has 0 unspecified atom stereocenters. The molecule has 1 saturated heterocycles. The Bertz CT molecular complexity index is 1170. The number of amides is 2. The molecule has 0 aromatic heterocycles. The molecule has 33 heavy (non-hydrogen) atoms. The third-order valence-electron chi connectivity index (χ3n) is 6.72. The van der Waals surface area contributed by atoms with Crippen LogP contribution < -0.4 is 10.6 Å². The minimum absolute atomic E-state index is 0.0427. The number of halogens is 4. The standard InChI is InChI=1S/C23H18ClF3N2O4/c24-15-5-4-12(23(25,26)27)9-16(15)29-20(30)10-2-1-3-13(6-10)28-21(31)18-11-7-14-17(8-11)33-22(32)19(14)18/h1-6,9,11,14,17-19H,7-8H2,(H,28,31)(H,29,30)/t11-,14+,17-,18-,19+/m1/s1. The van der Waals surface area contributed by atoms with E-state index in [2.05, 4.69) is 10.6 Å². The zero-order valence-electron chi connectivity index (χ0n) is 17.0. The van der Waals surface area contributed by atoms with Crippen LogP contribution in [-0.2, 0) is 20.5 Å². The van der Waals surface area contributed by atoms with Gasteiger partial charge in [-0.2, -0.15) is 13.2 Å². The summed E-state index contributed by atoms with van der Waals surface area (Å²) in [5.41, 5.74) is -0.660. The fraction of sp³-hybridized carbons (Fsp3) is 0.348. The first kappa shape index (κ1) is 21.8. The summed E-state index contributed by atoms with van der Waals surface area (Å²) in [6, 6.07) is 8.65. The van der Waals surface area contributed by atoms with Crippen LogP contribution in [0.2, 0.25) is 5.02 Å². The van der Waals surface area contributed by atoms with Crippen LogP contribution >= 0.6 is 11.6 Å². The second kappa shape index (κ2) is 7.76. The van der Waals surface area contributed by atoms with Crippen molar-refractivity contribution in [3.05, 3.63) is 58.6 Å². The van der Waals surface area contributed by atoms with Gasteiger partial charge in [0.1, 0.15) is 6.10 Å². The average molecular weight is 479 g/mol. The Hall–Kier alpha value is -3.07. The van der Waals surface area contributed by atoms with Gasteiger partial charge in [-0.25, -0.2) is 0 Å². The lowest BCUT2D eigenvalue weighted by atomic mass is 9.79. The number of esters is 1. The van der Waals surface area contributed by atoms with Gasteiger partial charge < -0.3 is 15.4 Å². The van der Waals surface area contributed by atoms with E-state index in [1.807, 2.05) is 0 Å². The minimum atomic E-state index is -4.58. The number of carbonyl (C=O) groups is 3. The molecule has 2 N–H and O–H groups in total. The Morgan fingerprint density at radius 2 is 1.85 bits per heavy atom. The first-order valence-corrected chi connectivity index (χ1v) is 10.8. The highest BCUT2D eigenvalue weighted by Gasteiger charge is 2.63. The summed E-state index contributed by atoms with van der Waals surface area (Å²) in [7, 11) is 0. The maximum Gasteiger partial charge on any atom is 0.416 e. The fourth-order valence-electron chi connectivity index (χ4n) is 5.32. The van der Waals surface area contributed by atoms with Crippen LogP contribution in [0.5, 0.6) is 0 Å². The molecule has 2 amide bonds. The maximum absolute atomic E-state index is 13.0. The van der Waals surface area contributed by atoms with Gasteiger partial charge in [0.2, 0.25) is 5.91 Å². The Kier molecular flexibility index (Phi) is 5.12. The average Bonchev–Trinajstić information content (AvgIpc) is 3.37. The predicted octanol–water partition coefficient (Wildman–Crippen LogP) is 4.75. The van der Waals surface area contributed by atoms with Gasteiger partial charge in [0.05, 0.1) is 28.1 Å². The molecule has 5 atom stereocenters. The molecule has 2 bridgehead atoms. The zero-order valence-corrected chi connectivity index (χ0v) is 17.7. The summed E-state index contributed by atoms with van der Waals surface area (Å²) in [6.07, 6.45) is -3.18. The number of ether oxygens (including phenoxy) is 1. The first-order valence-electron chi connectivity index (χ1n) is 10.4. The van der Waals surface area contributed by atoms with E-state index in [1.54, 1.807) is 12.1 Å². The largest absolute Gasteiger partial charge is 0.462 e. The number of carbonyl (C=O) groups excluding carboxylic acids is 3. The minimum Gasteiger partial charge on any atom is -0.462 e.